The Morgan fingerprint density at radius 2 is 0.721 bits per heavy atom. The zero-order valence-electron chi connectivity index (χ0n) is 36.9. The summed E-state index contributed by atoms with van der Waals surface area (Å²) in [7, 11) is 0. The van der Waals surface area contributed by atoms with Crippen LogP contribution >= 0.6 is 0 Å². The maximum atomic E-state index is 6.31. The highest BCUT2D eigenvalue weighted by atomic mass is 16.3. The van der Waals surface area contributed by atoms with E-state index in [-0.39, 0.29) is 0 Å². The Bertz CT molecular complexity index is 3870. The third-order valence-corrected chi connectivity index (χ3v) is 14.3. The van der Waals surface area contributed by atoms with Crippen molar-refractivity contribution in [1.29, 1.82) is 0 Å². The van der Waals surface area contributed by atoms with Gasteiger partial charge >= 0.3 is 0 Å². The molecule has 1 spiro atoms. The molecule has 0 saturated carbocycles. The molecule has 0 amide bonds. The molecular weight excluding hydrogens is 825 g/mol. The van der Waals surface area contributed by atoms with Crippen LogP contribution in [0.25, 0.3) is 111 Å². The Kier molecular flexibility index (Phi) is 8.50. The highest BCUT2D eigenvalue weighted by Crippen LogP contribution is 2.61. The lowest BCUT2D eigenvalue weighted by Crippen LogP contribution is -2.29. The monoisotopic (exact) mass is 864 g/mol. The van der Waals surface area contributed by atoms with Crippen molar-refractivity contribution in [2.75, 3.05) is 0 Å². The topological polar surface area (TPSA) is 38.9 Å². The molecule has 316 valence electrons. The molecule has 68 heavy (non-hydrogen) atoms. The van der Waals surface area contributed by atoms with Crippen molar-refractivity contribution in [3.63, 3.8) is 0 Å². The van der Waals surface area contributed by atoms with Crippen LogP contribution in [0.3, 0.4) is 0 Å². The van der Waals surface area contributed by atoms with E-state index in [0.29, 0.717) is 5.82 Å². The van der Waals surface area contributed by atoms with E-state index in [4.69, 9.17) is 14.4 Å². The van der Waals surface area contributed by atoms with Gasteiger partial charge < -0.3 is 4.42 Å². The number of hydrogen-bond donors (Lipinski definition) is 0. The van der Waals surface area contributed by atoms with E-state index in [2.05, 4.69) is 231 Å². The van der Waals surface area contributed by atoms with Gasteiger partial charge in [-0.3, -0.25) is 0 Å². The first kappa shape index (κ1) is 38.4. The largest absolute Gasteiger partial charge is 0.456 e. The number of furan rings is 1. The molecule has 0 bridgehead atoms. The molecule has 0 atom stereocenters. The summed E-state index contributed by atoms with van der Waals surface area (Å²) in [4.78, 5) is 11.0. The Hall–Kier alpha value is -8.92. The van der Waals surface area contributed by atoms with Crippen LogP contribution in [-0.2, 0) is 5.41 Å². The van der Waals surface area contributed by atoms with E-state index in [1.165, 1.54) is 55.6 Å². The molecule has 2 aliphatic rings. The van der Waals surface area contributed by atoms with Gasteiger partial charge in [0, 0.05) is 27.5 Å². The van der Waals surface area contributed by atoms with E-state index in [0.717, 1.165) is 72.3 Å². The summed E-state index contributed by atoms with van der Waals surface area (Å²) in [5.74, 6) is 0.646. The lowest BCUT2D eigenvalue weighted by Gasteiger charge is -2.35. The molecular formula is C65H40N2O. The van der Waals surface area contributed by atoms with Crippen molar-refractivity contribution in [3.05, 3.63) is 265 Å². The van der Waals surface area contributed by atoms with Crippen LogP contribution in [0.2, 0.25) is 0 Å². The van der Waals surface area contributed by atoms with Crippen LogP contribution < -0.4 is 0 Å². The SMILES string of the molecule is c1ccc(-c2cc(-c3ccccc3)cc(-c3cc(-c4ccc5c(c4)C4(c6ccccc6-c6ccccc6-5)c5ccccc5-c5ccccc54)nc(-c4ccc5oc6ccccc6c5c4)n3)c2)cc1. The quantitative estimate of drug-likeness (QED) is 0.173. The van der Waals surface area contributed by atoms with Gasteiger partial charge in [-0.15, -0.1) is 0 Å². The minimum Gasteiger partial charge on any atom is -0.456 e. The number of aromatic nitrogens is 2. The summed E-state index contributed by atoms with van der Waals surface area (Å²) in [6, 6.07) is 87.9. The maximum absolute atomic E-state index is 6.31. The number of nitrogens with zero attached hydrogens (tertiary/aromatic N) is 2. The van der Waals surface area contributed by atoms with E-state index < -0.39 is 5.41 Å². The minimum atomic E-state index is -0.616. The van der Waals surface area contributed by atoms with Gasteiger partial charge in [0.1, 0.15) is 11.2 Å². The van der Waals surface area contributed by atoms with E-state index in [9.17, 15) is 0 Å². The van der Waals surface area contributed by atoms with E-state index >= 15 is 0 Å². The predicted octanol–water partition coefficient (Wildman–Crippen LogP) is 16.7. The molecule has 2 aliphatic carbocycles. The van der Waals surface area contributed by atoms with Gasteiger partial charge in [0.05, 0.1) is 16.8 Å². The second kappa shape index (κ2) is 15.1. The molecule has 0 unspecified atom stereocenters. The number of para-hydroxylation sites is 1. The number of hydrogen-bond acceptors (Lipinski definition) is 3. The summed E-state index contributed by atoms with van der Waals surface area (Å²) < 4.78 is 6.31. The lowest BCUT2D eigenvalue weighted by atomic mass is 9.65. The number of benzene rings is 10. The highest BCUT2D eigenvalue weighted by molar-refractivity contribution is 6.06. The van der Waals surface area contributed by atoms with Gasteiger partial charge in [-0.1, -0.05) is 188 Å². The second-order valence-electron chi connectivity index (χ2n) is 18.0. The fourth-order valence-corrected chi connectivity index (χ4v) is 11.3. The Balaban J connectivity index is 1.06. The molecule has 2 aromatic heterocycles. The van der Waals surface area contributed by atoms with Crippen molar-refractivity contribution in [3.8, 4) is 89.5 Å². The van der Waals surface area contributed by atoms with Crippen LogP contribution in [-0.4, -0.2) is 9.97 Å². The lowest BCUT2D eigenvalue weighted by molar-refractivity contribution is 0.669. The van der Waals surface area contributed by atoms with Crippen LogP contribution in [0.1, 0.15) is 22.3 Å². The van der Waals surface area contributed by atoms with Crippen molar-refractivity contribution in [2.45, 2.75) is 5.41 Å². The first-order valence-corrected chi connectivity index (χ1v) is 23.3. The molecule has 10 aromatic carbocycles. The smallest absolute Gasteiger partial charge is 0.160 e. The van der Waals surface area contributed by atoms with Gasteiger partial charge in [-0.25, -0.2) is 9.97 Å². The van der Waals surface area contributed by atoms with Crippen molar-refractivity contribution in [1.82, 2.24) is 9.97 Å². The second-order valence-corrected chi connectivity index (χ2v) is 18.0. The van der Waals surface area contributed by atoms with Crippen LogP contribution in [0, 0.1) is 0 Å². The molecule has 3 nitrogen and oxygen atoms in total. The number of fused-ring (bicyclic) bond motifs is 15. The third-order valence-electron chi connectivity index (χ3n) is 14.3. The fraction of sp³-hybridized carbons (Fsp3) is 0.0154. The summed E-state index contributed by atoms with van der Waals surface area (Å²) in [6.45, 7) is 0. The summed E-state index contributed by atoms with van der Waals surface area (Å²) in [6.07, 6.45) is 0. The van der Waals surface area contributed by atoms with Crippen LogP contribution in [0.4, 0.5) is 0 Å². The standard InChI is InChI=1S/C65H40N2O/c1-3-17-41(18-4-1)45-35-46(42-19-5-2-6-20-42)37-47(36-45)61-40-60(66-64(67-61)44-32-34-63-55(38-44)54-26-12-16-30-62(54)68-63)43-31-33-53-49-22-8-7-21-48(49)50-23-9-13-27-56(50)65(59(53)39-43)57-28-14-10-24-51(57)52-25-11-15-29-58(52)65/h1-40H. The zero-order valence-corrected chi connectivity index (χ0v) is 36.9. The highest BCUT2D eigenvalue weighted by Gasteiger charge is 2.49. The first-order chi connectivity index (χ1) is 33.7. The molecule has 14 rings (SSSR count). The maximum Gasteiger partial charge on any atom is 0.160 e. The van der Waals surface area contributed by atoms with Gasteiger partial charge in [0.15, 0.2) is 5.82 Å². The Labute approximate surface area is 394 Å². The molecule has 3 heteroatoms. The summed E-state index contributed by atoms with van der Waals surface area (Å²) in [5, 5.41) is 2.10. The average Bonchev–Trinajstić information content (AvgIpc) is 3.91. The molecule has 0 N–H and O–H groups in total. The molecule has 0 radical (unpaired) electrons. The van der Waals surface area contributed by atoms with Crippen LogP contribution in [0.5, 0.6) is 0 Å². The zero-order chi connectivity index (χ0) is 44.8. The third kappa shape index (κ3) is 5.79. The fourth-order valence-electron chi connectivity index (χ4n) is 11.3. The van der Waals surface area contributed by atoms with E-state index in [1.807, 2.05) is 12.1 Å². The molecule has 0 fully saturated rings. The summed E-state index contributed by atoms with van der Waals surface area (Å²) >= 11 is 0. The molecule has 12 aromatic rings. The van der Waals surface area contributed by atoms with E-state index in [1.54, 1.807) is 0 Å². The molecule has 0 saturated heterocycles. The van der Waals surface area contributed by atoms with Gasteiger partial charge in [0.25, 0.3) is 0 Å². The minimum absolute atomic E-state index is 0.616. The Morgan fingerprint density at radius 1 is 0.265 bits per heavy atom. The van der Waals surface area contributed by atoms with Gasteiger partial charge in [-0.2, -0.15) is 0 Å². The number of rotatable bonds is 5. The van der Waals surface area contributed by atoms with Crippen molar-refractivity contribution >= 4 is 21.9 Å². The molecule has 0 aliphatic heterocycles. The molecule has 2 heterocycles. The van der Waals surface area contributed by atoms with Gasteiger partial charge in [0.2, 0.25) is 0 Å². The predicted molar refractivity (Wildman–Crippen MR) is 278 cm³/mol. The van der Waals surface area contributed by atoms with Crippen LogP contribution in [0.15, 0.2) is 247 Å². The first-order valence-electron chi connectivity index (χ1n) is 23.3. The Morgan fingerprint density at radius 3 is 1.34 bits per heavy atom. The van der Waals surface area contributed by atoms with Crippen molar-refractivity contribution < 1.29 is 4.42 Å². The normalized spacial score (nSPS) is 12.8. The van der Waals surface area contributed by atoms with Crippen molar-refractivity contribution in [2.24, 2.45) is 0 Å². The average molecular weight is 865 g/mol. The summed E-state index contributed by atoms with van der Waals surface area (Å²) in [5.41, 5.74) is 22.8. The van der Waals surface area contributed by atoms with Gasteiger partial charge in [-0.05, 0) is 132 Å².